The van der Waals surface area contributed by atoms with Gasteiger partial charge < -0.3 is 9.84 Å². The number of aliphatic carboxylic acids is 1. The Morgan fingerprint density at radius 1 is 1.42 bits per heavy atom. The van der Waals surface area contributed by atoms with Crippen LogP contribution in [0.5, 0.6) is 5.75 Å². The highest BCUT2D eigenvalue weighted by atomic mass is 32.1. The molecule has 2 aromatic heterocycles. The van der Waals surface area contributed by atoms with E-state index in [-0.39, 0.29) is 12.3 Å². The molecule has 3 atom stereocenters. The molecule has 6 nitrogen and oxygen atoms in total. The van der Waals surface area contributed by atoms with Gasteiger partial charge in [-0.3, -0.25) is 19.7 Å². The number of pyridine rings is 1. The Morgan fingerprint density at radius 3 is 3.06 bits per heavy atom. The third kappa shape index (κ3) is 5.67. The molecule has 172 valence electrons. The lowest BCUT2D eigenvalue weighted by Gasteiger charge is -2.35. The molecule has 3 heterocycles. The average Bonchev–Trinajstić information content (AvgIpc) is 3.35. The number of benzene rings is 1. The van der Waals surface area contributed by atoms with Gasteiger partial charge in [-0.15, -0.1) is 11.3 Å². The molecule has 1 fully saturated rings. The summed E-state index contributed by atoms with van der Waals surface area (Å²) in [6.45, 7) is 1.72. The van der Waals surface area contributed by atoms with Crippen LogP contribution in [0.2, 0.25) is 0 Å². The molecular weight excluding hydrogens is 441 g/mol. The highest BCUT2D eigenvalue weighted by Gasteiger charge is 2.34. The fraction of sp³-hybridized carbons (Fsp3) is 0.400. The third-order valence-corrected chi connectivity index (χ3v) is 6.90. The molecule has 1 saturated heterocycles. The lowest BCUT2D eigenvalue weighted by Crippen LogP contribution is -2.44. The Labute approximate surface area is 196 Å². The number of nitrogens with zero attached hydrogens (tertiary/aromatic N) is 3. The molecule has 0 unspecified atom stereocenters. The summed E-state index contributed by atoms with van der Waals surface area (Å²) in [7, 11) is 1.58. The molecule has 1 aromatic carbocycles. The number of alkyl halides is 1. The first kappa shape index (κ1) is 23.1. The van der Waals surface area contributed by atoms with Crippen LogP contribution in [0.15, 0.2) is 42.2 Å². The molecule has 0 saturated carbocycles. The summed E-state index contributed by atoms with van der Waals surface area (Å²) in [5.41, 5.74) is 3.02. The van der Waals surface area contributed by atoms with E-state index in [1.165, 1.54) is 11.3 Å². The highest BCUT2D eigenvalue weighted by molar-refractivity contribution is 7.10. The predicted molar refractivity (Wildman–Crippen MR) is 126 cm³/mol. The number of hydrogen-bond acceptors (Lipinski definition) is 6. The number of aromatic nitrogens is 2. The molecule has 4 rings (SSSR count). The minimum absolute atomic E-state index is 0.0610. The summed E-state index contributed by atoms with van der Waals surface area (Å²) in [6, 6.07) is 7.12. The normalized spacial score (nSPS) is 19.6. The van der Waals surface area contributed by atoms with Crippen molar-refractivity contribution in [2.45, 2.75) is 25.4 Å². The number of fused-ring (bicyclic) bond motifs is 1. The number of methoxy groups -OCH3 is 1. The first-order chi connectivity index (χ1) is 16.0. The van der Waals surface area contributed by atoms with E-state index < -0.39 is 18.1 Å². The van der Waals surface area contributed by atoms with Crippen molar-refractivity contribution in [1.29, 1.82) is 0 Å². The predicted octanol–water partition coefficient (Wildman–Crippen LogP) is 4.57. The number of thiazole rings is 1. The zero-order chi connectivity index (χ0) is 23.2. The van der Waals surface area contributed by atoms with Gasteiger partial charge in [0.1, 0.15) is 11.9 Å². The Kier molecular flexibility index (Phi) is 7.53. The lowest BCUT2D eigenvalue weighted by atomic mass is 9.81. The maximum absolute atomic E-state index is 15.3. The van der Waals surface area contributed by atoms with Crippen LogP contribution in [0.3, 0.4) is 0 Å². The van der Waals surface area contributed by atoms with Crippen LogP contribution in [0.1, 0.15) is 35.9 Å². The maximum atomic E-state index is 15.3. The second kappa shape index (κ2) is 10.7. The van der Waals surface area contributed by atoms with Crippen LogP contribution in [0.25, 0.3) is 10.9 Å². The Morgan fingerprint density at radius 2 is 2.30 bits per heavy atom. The first-order valence-electron chi connectivity index (χ1n) is 10.9. The van der Waals surface area contributed by atoms with E-state index in [4.69, 9.17) is 4.74 Å². The molecule has 0 amide bonds. The maximum Gasteiger partial charge on any atom is 0.308 e. The number of carboxylic acid groups (broad SMARTS) is 1. The lowest BCUT2D eigenvalue weighted by molar-refractivity contribution is -0.146. The second-order valence-corrected chi connectivity index (χ2v) is 9.11. The van der Waals surface area contributed by atoms with Crippen LogP contribution in [0.4, 0.5) is 4.39 Å². The van der Waals surface area contributed by atoms with Gasteiger partial charge in [-0.25, -0.2) is 4.39 Å². The van der Waals surface area contributed by atoms with E-state index in [0.29, 0.717) is 36.3 Å². The quantitative estimate of drug-likeness (QED) is 0.513. The molecule has 1 aliphatic rings. The van der Waals surface area contributed by atoms with Gasteiger partial charge in [0.05, 0.1) is 41.7 Å². The fourth-order valence-corrected chi connectivity index (χ4v) is 4.90. The summed E-state index contributed by atoms with van der Waals surface area (Å²) < 4.78 is 20.6. The standard InChI is InChI=1S/C25H26FN3O3S/c1-32-18-5-7-24-21(13-18)20(8-10-28-24)23(26)6-4-17-9-12-29(15-22(17)25(30)31)11-2-3-19-14-27-16-33-19/h5,7-8,10,13-14,16-17,22-23H,4,6,9,11-12,15H2,1H3,(H,30,31)/t17-,22+,23+/m1/s1. The smallest absolute Gasteiger partial charge is 0.308 e. The molecule has 1 aliphatic heterocycles. The number of carboxylic acids is 1. The molecule has 0 aliphatic carbocycles. The van der Waals surface area contributed by atoms with E-state index in [9.17, 15) is 9.90 Å². The van der Waals surface area contributed by atoms with Gasteiger partial charge in [-0.1, -0.05) is 11.8 Å². The van der Waals surface area contributed by atoms with Gasteiger partial charge in [0.15, 0.2) is 0 Å². The zero-order valence-electron chi connectivity index (χ0n) is 18.4. The van der Waals surface area contributed by atoms with Crippen molar-refractivity contribution in [2.24, 2.45) is 11.8 Å². The SMILES string of the molecule is COc1ccc2nccc([C@@H](F)CC[C@@H]3CCN(CC#Cc4cncs4)C[C@@H]3C(=O)O)c2c1. The summed E-state index contributed by atoms with van der Waals surface area (Å²) in [4.78, 5) is 23.2. The number of halogens is 1. The minimum Gasteiger partial charge on any atom is -0.497 e. The number of likely N-dealkylation sites (tertiary alicyclic amines) is 1. The first-order valence-corrected chi connectivity index (χ1v) is 11.8. The van der Waals surface area contributed by atoms with Gasteiger partial charge in [-0.05, 0) is 61.6 Å². The number of hydrogen-bond donors (Lipinski definition) is 1. The number of ether oxygens (including phenoxy) is 1. The second-order valence-electron chi connectivity index (χ2n) is 8.22. The van der Waals surface area contributed by atoms with Gasteiger partial charge in [0.2, 0.25) is 0 Å². The number of rotatable bonds is 7. The van der Waals surface area contributed by atoms with Gasteiger partial charge in [0.25, 0.3) is 0 Å². The average molecular weight is 468 g/mol. The summed E-state index contributed by atoms with van der Waals surface area (Å²) in [5.74, 6) is 5.41. The largest absolute Gasteiger partial charge is 0.497 e. The van der Waals surface area contributed by atoms with Crippen molar-refractivity contribution in [3.05, 3.63) is 52.6 Å². The Balaban J connectivity index is 1.38. The van der Waals surface area contributed by atoms with E-state index >= 15 is 4.39 Å². The van der Waals surface area contributed by atoms with E-state index in [2.05, 4.69) is 26.7 Å². The van der Waals surface area contributed by atoms with Gasteiger partial charge in [0, 0.05) is 18.1 Å². The Bertz CT molecular complexity index is 1160. The summed E-state index contributed by atoms with van der Waals surface area (Å²) in [5, 5.41) is 10.5. The molecular formula is C25H26FN3O3S. The Hall–Kier alpha value is -3.02. The highest BCUT2D eigenvalue weighted by Crippen LogP contribution is 2.35. The van der Waals surface area contributed by atoms with Crippen molar-refractivity contribution in [2.75, 3.05) is 26.7 Å². The summed E-state index contributed by atoms with van der Waals surface area (Å²) in [6.07, 6.45) is 3.65. The molecule has 3 aromatic rings. The van der Waals surface area contributed by atoms with Crippen LogP contribution >= 0.6 is 11.3 Å². The topological polar surface area (TPSA) is 75.5 Å². The van der Waals surface area contributed by atoms with Gasteiger partial charge >= 0.3 is 5.97 Å². The van der Waals surface area contributed by atoms with Crippen molar-refractivity contribution < 1.29 is 19.0 Å². The molecule has 0 bridgehead atoms. The van der Waals surface area contributed by atoms with Gasteiger partial charge in [-0.2, -0.15) is 0 Å². The summed E-state index contributed by atoms with van der Waals surface area (Å²) >= 11 is 1.48. The van der Waals surface area contributed by atoms with Crippen LogP contribution in [-0.4, -0.2) is 52.7 Å². The van der Waals surface area contributed by atoms with Crippen LogP contribution in [-0.2, 0) is 4.79 Å². The van der Waals surface area contributed by atoms with Crippen molar-refractivity contribution in [3.8, 4) is 17.6 Å². The van der Waals surface area contributed by atoms with E-state index in [1.54, 1.807) is 43.2 Å². The third-order valence-electron chi connectivity index (χ3n) is 6.21. The van der Waals surface area contributed by atoms with E-state index in [0.717, 1.165) is 23.2 Å². The molecule has 0 radical (unpaired) electrons. The zero-order valence-corrected chi connectivity index (χ0v) is 19.2. The van der Waals surface area contributed by atoms with E-state index in [1.807, 2.05) is 6.07 Å². The van der Waals surface area contributed by atoms with Crippen molar-refractivity contribution >= 4 is 28.2 Å². The van der Waals surface area contributed by atoms with Crippen molar-refractivity contribution in [1.82, 2.24) is 14.9 Å². The molecule has 8 heteroatoms. The van der Waals surface area contributed by atoms with Crippen molar-refractivity contribution in [3.63, 3.8) is 0 Å². The fourth-order valence-electron chi connectivity index (χ4n) is 4.42. The minimum atomic E-state index is -1.19. The van der Waals surface area contributed by atoms with Crippen LogP contribution < -0.4 is 4.74 Å². The molecule has 1 N–H and O–H groups in total. The number of piperidine rings is 1. The molecule has 33 heavy (non-hydrogen) atoms. The number of carbonyl (C=O) groups is 1. The van der Waals surface area contributed by atoms with Crippen LogP contribution in [0, 0.1) is 23.7 Å². The molecule has 0 spiro atoms. The monoisotopic (exact) mass is 467 g/mol.